The number of imidazole rings is 3. The maximum Gasteiger partial charge on any atom is 0.320 e. The molecule has 4 amide bonds. The number of likely N-dealkylation sites (tertiary alicyclic amines) is 2. The van der Waals surface area contributed by atoms with Crippen molar-refractivity contribution in [3.63, 3.8) is 0 Å². The number of halogens is 3. The van der Waals surface area contributed by atoms with Gasteiger partial charge >= 0.3 is 12.1 Å². The van der Waals surface area contributed by atoms with Crippen molar-refractivity contribution in [1.29, 1.82) is 0 Å². The minimum Gasteiger partial charge on any atom is -0.505 e. The normalized spacial score (nSPS) is 15.4. The number of carbonyl (C=O) groups is 2. The van der Waals surface area contributed by atoms with Crippen LogP contribution in [0.3, 0.4) is 0 Å². The maximum absolute atomic E-state index is 15.8. The van der Waals surface area contributed by atoms with E-state index in [1.165, 1.54) is 12.1 Å². The van der Waals surface area contributed by atoms with Crippen LogP contribution in [0.4, 0.5) is 22.8 Å². The van der Waals surface area contributed by atoms with Crippen LogP contribution < -0.4 is 14.8 Å². The summed E-state index contributed by atoms with van der Waals surface area (Å²) in [6.07, 6.45) is 2.36. The number of aromatic nitrogens is 12. The van der Waals surface area contributed by atoms with Crippen molar-refractivity contribution in [2.45, 2.75) is 247 Å². The van der Waals surface area contributed by atoms with E-state index in [4.69, 9.17) is 53.6 Å². The average molecular weight is 2020 g/mol. The largest absolute Gasteiger partial charge is 0.505 e. The number of phenolic OH excluding ortho intramolecular Hbond substituents is 1. The van der Waals surface area contributed by atoms with Crippen LogP contribution in [-0.4, -0.2) is 203 Å². The number of carbonyl (C=O) groups excluding carboxylic acids is 2. The lowest BCUT2D eigenvalue weighted by Gasteiger charge is -2.24. The van der Waals surface area contributed by atoms with Crippen LogP contribution in [0.2, 0.25) is 103 Å². The van der Waals surface area contributed by atoms with Gasteiger partial charge in [0.15, 0.2) is 52.2 Å². The molecule has 756 valence electrons. The van der Waals surface area contributed by atoms with Crippen molar-refractivity contribution in [2.75, 3.05) is 52.6 Å². The Labute approximate surface area is 838 Å². The second-order valence-corrected chi connectivity index (χ2v) is 65.5. The van der Waals surface area contributed by atoms with Crippen molar-refractivity contribution in [3.05, 3.63) is 231 Å². The van der Waals surface area contributed by atoms with Gasteiger partial charge in [-0.3, -0.25) is 5.10 Å². The molecule has 143 heavy (non-hydrogen) atoms. The first-order valence-electron chi connectivity index (χ1n) is 50.2. The molecule has 0 saturated carbocycles. The van der Waals surface area contributed by atoms with E-state index in [2.05, 4.69) is 146 Å². The summed E-state index contributed by atoms with van der Waals surface area (Å²) in [4.78, 5) is 51.5. The van der Waals surface area contributed by atoms with Gasteiger partial charge in [0.2, 0.25) is 0 Å². The van der Waals surface area contributed by atoms with E-state index in [0.717, 1.165) is 190 Å². The molecule has 28 nitrogen and oxygen atoms in total. The Hall–Kier alpha value is -11.9. The molecule has 2 fully saturated rings. The molecule has 2 saturated heterocycles. The Kier molecular flexibility index (Phi) is 31.5. The lowest BCUT2D eigenvalue weighted by atomic mass is 9.96. The molecule has 0 spiro atoms. The fraction of sp³-hybridized carbons (Fsp3) is 0.426. The number of phenols is 1. The Morgan fingerprint density at radius 2 is 0.881 bits per heavy atom. The molecule has 11 heterocycles. The minimum atomic E-state index is -1.34. The number of urea groups is 2. The van der Waals surface area contributed by atoms with Gasteiger partial charge in [0.05, 0.1) is 89.1 Å². The summed E-state index contributed by atoms with van der Waals surface area (Å²) >= 11 is 0. The number of fused-ring (bicyclic) bond motifs is 6. The zero-order valence-corrected chi connectivity index (χ0v) is 89.1. The number of nitrogens with one attached hydrogen (secondary N) is 3. The zero-order chi connectivity index (χ0) is 101. The molecule has 35 heteroatoms. The van der Waals surface area contributed by atoms with Gasteiger partial charge in [-0.05, 0) is 190 Å². The fourth-order valence-electron chi connectivity index (χ4n) is 18.7. The van der Waals surface area contributed by atoms with E-state index >= 15 is 8.78 Å². The van der Waals surface area contributed by atoms with Crippen molar-refractivity contribution < 1.29 is 66.5 Å². The van der Waals surface area contributed by atoms with Gasteiger partial charge in [-0.25, -0.2) is 47.1 Å². The number of aromatic hydroxyl groups is 1. The number of H-pyrrole nitrogens is 2. The van der Waals surface area contributed by atoms with Crippen LogP contribution in [-0.2, 0) is 118 Å². The predicted octanol–water partition coefficient (Wildman–Crippen LogP) is 21.6. The molecule has 0 radical (unpaired) electrons. The van der Waals surface area contributed by atoms with Crippen molar-refractivity contribution in [3.8, 4) is 85.2 Å². The molecule has 6 N–H and O–H groups in total. The average Bonchev–Trinajstić information content (AvgIpc) is 1.59. The summed E-state index contributed by atoms with van der Waals surface area (Å²) < 4.78 is 90.6. The third-order valence-electron chi connectivity index (χ3n) is 27.1. The van der Waals surface area contributed by atoms with E-state index in [9.17, 15) is 29.3 Å². The van der Waals surface area contributed by atoms with Crippen LogP contribution in [0.25, 0.3) is 101 Å². The van der Waals surface area contributed by atoms with Gasteiger partial charge in [-0.2, -0.15) is 15.3 Å². The maximum atomic E-state index is 15.8. The lowest BCUT2D eigenvalue weighted by Crippen LogP contribution is -2.39. The molecule has 19 rings (SSSR count). The molecule has 0 bridgehead atoms. The van der Waals surface area contributed by atoms with Crippen LogP contribution in [0.15, 0.2) is 152 Å². The van der Waals surface area contributed by atoms with E-state index in [1.807, 2.05) is 119 Å². The van der Waals surface area contributed by atoms with E-state index in [-0.39, 0.29) is 55.2 Å². The van der Waals surface area contributed by atoms with Gasteiger partial charge in [0.1, 0.15) is 57.2 Å². The first-order chi connectivity index (χ1) is 68.5. The van der Waals surface area contributed by atoms with E-state index < -0.39 is 56.1 Å². The highest BCUT2D eigenvalue weighted by Crippen LogP contribution is 2.43. The molecule has 6 aromatic heterocycles. The number of aryl methyl sites for hydroxylation is 3. The second kappa shape index (κ2) is 44.0. The monoisotopic (exact) mass is 2020 g/mol. The van der Waals surface area contributed by atoms with Gasteiger partial charge in [-0.15, -0.1) is 0 Å². The highest BCUT2D eigenvalue weighted by atomic mass is 28.3. The quantitative estimate of drug-likeness (QED) is 0.0159. The Morgan fingerprint density at radius 1 is 0.448 bits per heavy atom. The minimum absolute atomic E-state index is 0.0793. The standard InChI is InChI=1S/C44H59FN6O5Si2.C39H52FN5O3Si2.C25H25FN6O3/c1-8-32-23-41(56-28-31-12-10-9-11-13-31)37(45)24-36(32)33-14-15-35-39(22-33)51(30-55-19-21-58(5,6)7)47-42(35)43-46-38-26-49(44(53)48-17-16-34(52)25-48)27-40(38)50(43)29-54-18-20-57(2,3)4;1-8-29-21-37(48-25-28-12-10-9-11-13-28)33(40)22-32(29)30-14-15-31-35(20-30)45(27-47-17-19-50(5,6)7)43-38(31)39-42-34-23-41-24-36(34)44(39)26-46-16-18-49(2,3)4;1-2-13-8-22(34)18(26)9-17(13)14-3-4-16-19(7-14)29-30-23(16)24-27-20-11-32(12-21(20)28-24)25(35)31-6-5-15(33)10-31/h9-15,22-24,34,52H,8,16-21,25-30H2,1-7H3;9-15,20-22,41H,8,16-19,23-27H2,1-7H3;3-4,7-9,15,33-34H,2,5-6,10-12H2,1H3,(H,27,28)(H,29,30)/t34-;;15-/m1.1/s1. The van der Waals surface area contributed by atoms with Crippen molar-refractivity contribution in [1.82, 2.24) is 83.7 Å². The Morgan fingerprint density at radius 3 is 1.34 bits per heavy atom. The molecular formula is C108H136F3N17O11Si4. The number of amides is 4. The Bertz CT molecular complexity index is 6880. The molecule has 5 aliphatic heterocycles. The smallest absolute Gasteiger partial charge is 0.320 e. The number of hydrogen-bond acceptors (Lipinski definition) is 18. The summed E-state index contributed by atoms with van der Waals surface area (Å²) in [6.45, 7) is 43.8. The fourth-order valence-corrected chi connectivity index (χ4v) is 21.7. The van der Waals surface area contributed by atoms with Crippen molar-refractivity contribution >= 4 is 77.1 Å². The van der Waals surface area contributed by atoms with Crippen LogP contribution in [0.1, 0.15) is 95.6 Å². The molecule has 0 aliphatic carbocycles. The van der Waals surface area contributed by atoms with Gasteiger partial charge < -0.3 is 82.8 Å². The number of rotatable bonds is 35. The number of ether oxygens (including phenoxy) is 6. The highest BCUT2D eigenvalue weighted by molar-refractivity contribution is 6.77. The third kappa shape index (κ3) is 24.4. The summed E-state index contributed by atoms with van der Waals surface area (Å²) in [5.41, 5.74) is 20.2. The molecule has 2 atom stereocenters. The van der Waals surface area contributed by atoms with Gasteiger partial charge in [0, 0.05) is 114 Å². The molecule has 5 aliphatic rings. The van der Waals surface area contributed by atoms with E-state index in [1.54, 1.807) is 31.7 Å². The number of nitrogens with zero attached hydrogens (tertiary/aromatic N) is 14. The number of hydrogen-bond donors (Lipinski definition) is 6. The molecule has 14 aromatic rings. The zero-order valence-electron chi connectivity index (χ0n) is 85.1. The highest BCUT2D eigenvalue weighted by Gasteiger charge is 2.39. The second-order valence-electron chi connectivity index (χ2n) is 43.0. The van der Waals surface area contributed by atoms with Crippen LogP contribution in [0, 0.1) is 17.5 Å². The molecule has 0 unspecified atom stereocenters. The summed E-state index contributed by atoms with van der Waals surface area (Å²) in [5, 5.41) is 53.6. The summed E-state index contributed by atoms with van der Waals surface area (Å²) in [6, 6.07) is 51.5. The number of aliphatic hydroxyl groups excluding tert-OH is 2. The van der Waals surface area contributed by atoms with Gasteiger partial charge in [-0.1, -0.05) is 178 Å². The van der Waals surface area contributed by atoms with E-state index in [0.29, 0.717) is 141 Å². The summed E-state index contributed by atoms with van der Waals surface area (Å²) in [7, 11) is -5.15. The first kappa shape index (κ1) is 103. The first-order valence-corrected chi connectivity index (χ1v) is 65.0. The number of aliphatic hydroxyl groups is 2. The third-order valence-corrected chi connectivity index (χ3v) is 34.0. The topological polar surface area (TPSA) is 304 Å². The van der Waals surface area contributed by atoms with Crippen molar-refractivity contribution in [2.24, 2.45) is 0 Å². The van der Waals surface area contributed by atoms with Crippen LogP contribution >= 0.6 is 0 Å². The SMILES string of the molecule is CCc1cc(O)c(F)cc1-c1ccc2c(-c3nc4c([nH]3)CN(C(=O)N3CC[C@@H](O)C3)C4)n[nH]c2c1.CCc1cc(OCc2ccccc2)c(F)cc1-c1ccc2c(-c3nc4c(n3COCC[Si](C)(C)C)CN(C(=O)N3CC[C@@H](O)C3)C4)nn(COCC[Si](C)(C)C)c2c1.CCc1cc(OCc2ccccc2)c(F)cc1-c1ccc2c(-c3nc4c(n3COCC[Si](C)(C)C)CNC4)nn(COCC[Si](C)(C)C)c2c1. The Balaban J connectivity index is 0.000000151. The van der Waals surface area contributed by atoms with Crippen LogP contribution in [0.5, 0.6) is 17.2 Å². The lowest BCUT2D eigenvalue weighted by molar-refractivity contribution is 0.0813. The number of aromatic amines is 2. The van der Waals surface area contributed by atoms with Gasteiger partial charge in [0.25, 0.3) is 0 Å². The molecular weight excluding hydrogens is 1880 g/mol. The predicted molar refractivity (Wildman–Crippen MR) is 564 cm³/mol. The summed E-state index contributed by atoms with van der Waals surface area (Å²) in [5.74, 6) is 0.828. The number of benzene rings is 8. The molecule has 8 aromatic carbocycles. The number of β-amino-alcohol motifs (C(OH)–C–C–N with tert-alkyl or cyclic N) is 2.